The first-order valence-corrected chi connectivity index (χ1v) is 14.1. The van der Waals surface area contributed by atoms with Crippen LogP contribution in [0.15, 0.2) is 91.0 Å². The van der Waals surface area contributed by atoms with Crippen molar-refractivity contribution in [3.05, 3.63) is 113 Å². The lowest BCUT2D eigenvalue weighted by Crippen LogP contribution is -2.51. The molecular formula is C36H37N3O4. The Morgan fingerprint density at radius 3 is 2.12 bits per heavy atom. The molecule has 0 spiro atoms. The highest BCUT2D eigenvalue weighted by Gasteiger charge is 2.36. The molecule has 0 radical (unpaired) electrons. The standard InChI is InChI=1S/C36H37N3O4/c1-7-39(34(41)31(22-26-13-9-8-10-14-26)38-35(42)43-36(4,5)6)32(29-20-24(2)19-25(3)21-29)33(40)37-30-18-17-27-15-11-12-16-28(27)23-30/h1,8-21,23,31-32H,22H2,2-6H3,(H,37,40)(H,38,42). The largest absolute Gasteiger partial charge is 0.444 e. The summed E-state index contributed by atoms with van der Waals surface area (Å²) >= 11 is 0. The molecule has 2 unspecified atom stereocenters. The number of nitrogens with zero attached hydrogens (tertiary/aromatic N) is 1. The van der Waals surface area contributed by atoms with Crippen molar-refractivity contribution in [2.24, 2.45) is 0 Å². The summed E-state index contributed by atoms with van der Waals surface area (Å²) in [7, 11) is 0. The molecule has 0 heterocycles. The molecule has 0 aromatic heterocycles. The van der Waals surface area contributed by atoms with Crippen molar-refractivity contribution in [3.63, 3.8) is 0 Å². The van der Waals surface area contributed by atoms with Crippen molar-refractivity contribution >= 4 is 34.4 Å². The maximum atomic E-state index is 14.2. The van der Waals surface area contributed by atoms with E-state index >= 15 is 0 Å². The van der Waals surface area contributed by atoms with E-state index < -0.39 is 35.6 Å². The lowest BCUT2D eigenvalue weighted by atomic mass is 9.97. The van der Waals surface area contributed by atoms with Gasteiger partial charge in [0.05, 0.1) is 0 Å². The molecule has 3 amide bonds. The van der Waals surface area contributed by atoms with Crippen LogP contribution < -0.4 is 10.6 Å². The van der Waals surface area contributed by atoms with Crippen LogP contribution in [0.4, 0.5) is 10.5 Å². The van der Waals surface area contributed by atoms with E-state index in [1.165, 1.54) is 0 Å². The number of nitrogens with one attached hydrogen (secondary N) is 2. The van der Waals surface area contributed by atoms with Gasteiger partial charge in [0.2, 0.25) is 0 Å². The molecule has 2 atom stereocenters. The molecule has 4 aromatic carbocycles. The zero-order valence-electron chi connectivity index (χ0n) is 25.2. The average Bonchev–Trinajstić information content (AvgIpc) is 2.94. The minimum atomic E-state index is -1.18. The number of terminal acetylenes is 1. The summed E-state index contributed by atoms with van der Waals surface area (Å²) < 4.78 is 5.46. The Bertz CT molecular complexity index is 1650. The number of fused-ring (bicyclic) bond motifs is 1. The van der Waals surface area contributed by atoms with Gasteiger partial charge in [-0.25, -0.2) is 4.79 Å². The van der Waals surface area contributed by atoms with E-state index in [0.717, 1.165) is 32.4 Å². The molecular weight excluding hydrogens is 538 g/mol. The molecule has 43 heavy (non-hydrogen) atoms. The lowest BCUT2D eigenvalue weighted by Gasteiger charge is -2.31. The van der Waals surface area contributed by atoms with E-state index in [1.54, 1.807) is 20.8 Å². The van der Waals surface area contributed by atoms with Crippen molar-refractivity contribution in [1.29, 1.82) is 0 Å². The first kappa shape index (κ1) is 30.9. The van der Waals surface area contributed by atoms with Crippen LogP contribution in [0.5, 0.6) is 0 Å². The van der Waals surface area contributed by atoms with Crippen molar-refractivity contribution in [1.82, 2.24) is 10.2 Å². The number of carbonyl (C=O) groups excluding carboxylic acids is 3. The van der Waals surface area contributed by atoms with Crippen LogP contribution >= 0.6 is 0 Å². The number of benzene rings is 4. The van der Waals surface area contributed by atoms with Gasteiger partial charge < -0.3 is 15.4 Å². The highest BCUT2D eigenvalue weighted by molar-refractivity contribution is 6.01. The third-order valence-corrected chi connectivity index (χ3v) is 6.73. The van der Waals surface area contributed by atoms with Crippen LogP contribution in [0, 0.1) is 26.3 Å². The van der Waals surface area contributed by atoms with Gasteiger partial charge >= 0.3 is 6.09 Å². The molecule has 0 aliphatic rings. The van der Waals surface area contributed by atoms with Gasteiger partial charge in [-0.3, -0.25) is 14.5 Å². The van der Waals surface area contributed by atoms with Gasteiger partial charge in [0, 0.05) is 18.2 Å². The normalized spacial score (nSPS) is 12.5. The molecule has 7 heteroatoms. The smallest absolute Gasteiger partial charge is 0.408 e. The Morgan fingerprint density at radius 2 is 1.49 bits per heavy atom. The van der Waals surface area contributed by atoms with Gasteiger partial charge in [-0.1, -0.05) is 96.4 Å². The molecule has 0 aliphatic heterocycles. The molecule has 0 saturated heterocycles. The molecule has 0 bridgehead atoms. The number of ether oxygens (including phenoxy) is 1. The zero-order valence-corrected chi connectivity index (χ0v) is 25.2. The Hall–Kier alpha value is -5.09. The minimum Gasteiger partial charge on any atom is -0.444 e. The fourth-order valence-electron chi connectivity index (χ4n) is 5.00. The predicted molar refractivity (Wildman–Crippen MR) is 170 cm³/mol. The Kier molecular flexibility index (Phi) is 9.52. The van der Waals surface area contributed by atoms with Crippen molar-refractivity contribution in [2.75, 3.05) is 5.32 Å². The Morgan fingerprint density at radius 1 is 0.860 bits per heavy atom. The summed E-state index contributed by atoms with van der Waals surface area (Å²) in [5.74, 6) is -1.10. The van der Waals surface area contributed by atoms with Gasteiger partial charge in [-0.15, -0.1) is 0 Å². The summed E-state index contributed by atoms with van der Waals surface area (Å²) in [6.45, 7) is 9.04. The summed E-state index contributed by atoms with van der Waals surface area (Å²) in [5.41, 5.74) is 2.97. The van der Waals surface area contributed by atoms with E-state index in [-0.39, 0.29) is 6.42 Å². The molecule has 4 rings (SSSR count). The van der Waals surface area contributed by atoms with Crippen molar-refractivity contribution in [3.8, 4) is 12.5 Å². The number of alkyl carbamates (subject to hydrolysis) is 1. The zero-order chi connectivity index (χ0) is 31.1. The van der Waals surface area contributed by atoms with Crippen LogP contribution in [-0.4, -0.2) is 34.5 Å². The highest BCUT2D eigenvalue weighted by atomic mass is 16.6. The molecule has 0 fully saturated rings. The number of hydrogen-bond acceptors (Lipinski definition) is 4. The maximum Gasteiger partial charge on any atom is 0.408 e. The molecule has 7 nitrogen and oxygen atoms in total. The quantitative estimate of drug-likeness (QED) is 0.181. The second-order valence-corrected chi connectivity index (χ2v) is 11.6. The topological polar surface area (TPSA) is 87.7 Å². The Labute approximate surface area is 253 Å². The van der Waals surface area contributed by atoms with Crippen LogP contribution in [0.2, 0.25) is 0 Å². The van der Waals surface area contributed by atoms with E-state index in [9.17, 15) is 14.4 Å². The highest BCUT2D eigenvalue weighted by Crippen LogP contribution is 2.27. The molecule has 0 saturated carbocycles. The van der Waals surface area contributed by atoms with Gasteiger partial charge in [-0.05, 0) is 68.7 Å². The van der Waals surface area contributed by atoms with Gasteiger partial charge in [0.15, 0.2) is 0 Å². The fourth-order valence-corrected chi connectivity index (χ4v) is 5.00. The van der Waals surface area contributed by atoms with Crippen LogP contribution in [0.1, 0.15) is 49.1 Å². The molecule has 2 N–H and O–H groups in total. The summed E-state index contributed by atoms with van der Waals surface area (Å²) in [5, 5.41) is 7.64. The minimum absolute atomic E-state index is 0.142. The van der Waals surface area contributed by atoms with E-state index in [0.29, 0.717) is 11.3 Å². The van der Waals surface area contributed by atoms with E-state index in [1.807, 2.05) is 105 Å². The number of hydrogen-bond donors (Lipinski definition) is 2. The van der Waals surface area contributed by atoms with E-state index in [4.69, 9.17) is 11.2 Å². The monoisotopic (exact) mass is 575 g/mol. The van der Waals surface area contributed by atoms with E-state index in [2.05, 4.69) is 16.7 Å². The number of amides is 3. The number of rotatable bonds is 8. The SMILES string of the molecule is C#CN(C(=O)C(Cc1ccccc1)NC(=O)OC(C)(C)C)C(C(=O)Nc1ccc2ccccc2c1)c1cc(C)cc(C)c1. The first-order chi connectivity index (χ1) is 20.4. The Balaban J connectivity index is 1.72. The maximum absolute atomic E-state index is 14.2. The van der Waals surface area contributed by atoms with Crippen LogP contribution in [0.25, 0.3) is 10.8 Å². The number of anilines is 1. The molecule has 0 aliphatic carbocycles. The van der Waals surface area contributed by atoms with Gasteiger partial charge in [0.25, 0.3) is 11.8 Å². The first-order valence-electron chi connectivity index (χ1n) is 14.1. The third kappa shape index (κ3) is 8.23. The average molecular weight is 576 g/mol. The van der Waals surface area contributed by atoms with Gasteiger partial charge in [-0.2, -0.15) is 0 Å². The lowest BCUT2D eigenvalue weighted by molar-refractivity contribution is -0.136. The molecule has 4 aromatic rings. The summed E-state index contributed by atoms with van der Waals surface area (Å²) in [6, 6.07) is 28.5. The van der Waals surface area contributed by atoms with Crippen molar-refractivity contribution < 1.29 is 19.1 Å². The third-order valence-electron chi connectivity index (χ3n) is 6.73. The predicted octanol–water partition coefficient (Wildman–Crippen LogP) is 6.69. The fraction of sp³-hybridized carbons (Fsp3) is 0.250. The molecule has 220 valence electrons. The van der Waals surface area contributed by atoms with Crippen LogP contribution in [-0.2, 0) is 20.7 Å². The number of aryl methyl sites for hydroxylation is 2. The second kappa shape index (κ2) is 13.3. The van der Waals surface area contributed by atoms with Crippen LogP contribution in [0.3, 0.4) is 0 Å². The van der Waals surface area contributed by atoms with Gasteiger partial charge in [0.1, 0.15) is 17.7 Å². The number of carbonyl (C=O) groups is 3. The summed E-state index contributed by atoms with van der Waals surface area (Å²) in [6.07, 6.45) is 5.37. The second-order valence-electron chi connectivity index (χ2n) is 11.6. The van der Waals surface area contributed by atoms with Crippen molar-refractivity contribution in [2.45, 2.75) is 58.7 Å². The summed E-state index contributed by atoms with van der Waals surface area (Å²) in [4.78, 5) is 42.2.